The van der Waals surface area contributed by atoms with E-state index in [-0.39, 0.29) is 5.41 Å². The maximum atomic E-state index is 2.44. The summed E-state index contributed by atoms with van der Waals surface area (Å²) in [4.78, 5) is 0. The molecule has 0 N–H and O–H groups in total. The SMILES string of the molecule is CC(C)(C)c1ccc2c(-c3ccc(-c4cccc(-c5ccccc5)c4)cc3)c3ccccc3c(-c3ccc4ccccc4c3)c2c1. The van der Waals surface area contributed by atoms with Gasteiger partial charge in [0, 0.05) is 0 Å². The van der Waals surface area contributed by atoms with Crippen LogP contribution in [0.3, 0.4) is 0 Å². The predicted molar refractivity (Wildman–Crippen MR) is 199 cm³/mol. The summed E-state index contributed by atoms with van der Waals surface area (Å²) >= 11 is 0. The largest absolute Gasteiger partial charge is 0.0622 e. The van der Waals surface area contributed by atoms with E-state index in [9.17, 15) is 0 Å². The Hall–Kier alpha value is -5.46. The first-order valence-corrected chi connectivity index (χ1v) is 16.2. The number of benzene rings is 8. The second-order valence-electron chi connectivity index (χ2n) is 13.4. The van der Waals surface area contributed by atoms with Gasteiger partial charge in [-0.3, -0.25) is 0 Å². The second-order valence-corrected chi connectivity index (χ2v) is 13.4. The molecule has 0 aliphatic rings. The predicted octanol–water partition coefficient (Wildman–Crippen LogP) is 13.1. The molecule has 8 rings (SSSR count). The lowest BCUT2D eigenvalue weighted by Gasteiger charge is -2.23. The Morgan fingerprint density at radius 3 is 1.52 bits per heavy atom. The van der Waals surface area contributed by atoms with E-state index in [1.165, 1.54) is 82.4 Å². The van der Waals surface area contributed by atoms with Crippen molar-refractivity contribution in [2.75, 3.05) is 0 Å². The van der Waals surface area contributed by atoms with Crippen molar-refractivity contribution < 1.29 is 0 Å². The third-order valence-corrected chi connectivity index (χ3v) is 9.40. The fourth-order valence-corrected chi connectivity index (χ4v) is 6.95. The Morgan fingerprint density at radius 2 is 0.826 bits per heavy atom. The van der Waals surface area contributed by atoms with Crippen LogP contribution in [0.5, 0.6) is 0 Å². The molecule has 0 saturated carbocycles. The molecule has 0 saturated heterocycles. The van der Waals surface area contributed by atoms with Crippen molar-refractivity contribution in [3.63, 3.8) is 0 Å². The summed E-state index contributed by atoms with van der Waals surface area (Å²) < 4.78 is 0. The van der Waals surface area contributed by atoms with Crippen LogP contribution < -0.4 is 0 Å². The molecule has 220 valence electrons. The quantitative estimate of drug-likeness (QED) is 0.179. The number of hydrogen-bond donors (Lipinski definition) is 0. The smallest absolute Gasteiger partial charge is 0.00260 e. The van der Waals surface area contributed by atoms with E-state index in [1.807, 2.05) is 0 Å². The molecule has 0 fully saturated rings. The lowest BCUT2D eigenvalue weighted by atomic mass is 9.81. The normalized spacial score (nSPS) is 11.8. The first kappa shape index (κ1) is 28.0. The third kappa shape index (κ3) is 4.97. The molecule has 0 nitrogen and oxygen atoms in total. The molecule has 0 aliphatic heterocycles. The Morgan fingerprint density at radius 1 is 0.304 bits per heavy atom. The Labute approximate surface area is 271 Å². The zero-order valence-electron chi connectivity index (χ0n) is 26.6. The van der Waals surface area contributed by atoms with Gasteiger partial charge >= 0.3 is 0 Å². The first-order chi connectivity index (χ1) is 22.4. The molecule has 0 spiro atoms. The van der Waals surface area contributed by atoms with Gasteiger partial charge in [-0.15, -0.1) is 0 Å². The number of rotatable bonds is 4. The van der Waals surface area contributed by atoms with E-state index in [4.69, 9.17) is 0 Å². The van der Waals surface area contributed by atoms with E-state index in [2.05, 4.69) is 185 Å². The third-order valence-electron chi connectivity index (χ3n) is 9.40. The zero-order valence-corrected chi connectivity index (χ0v) is 26.6. The van der Waals surface area contributed by atoms with Gasteiger partial charge in [0.15, 0.2) is 0 Å². The van der Waals surface area contributed by atoms with Crippen LogP contribution in [-0.4, -0.2) is 0 Å². The average molecular weight is 589 g/mol. The number of hydrogen-bond acceptors (Lipinski definition) is 0. The molecule has 0 atom stereocenters. The summed E-state index contributed by atoms with van der Waals surface area (Å²) in [6.45, 7) is 6.91. The lowest BCUT2D eigenvalue weighted by Crippen LogP contribution is -2.10. The van der Waals surface area contributed by atoms with Gasteiger partial charge in [0.05, 0.1) is 0 Å². The monoisotopic (exact) mass is 588 g/mol. The first-order valence-electron chi connectivity index (χ1n) is 16.2. The summed E-state index contributed by atoms with van der Waals surface area (Å²) in [5.74, 6) is 0. The van der Waals surface area contributed by atoms with Crippen LogP contribution in [0.15, 0.2) is 164 Å². The van der Waals surface area contributed by atoms with Gasteiger partial charge in [0.2, 0.25) is 0 Å². The molecule has 0 aliphatic carbocycles. The van der Waals surface area contributed by atoms with E-state index < -0.39 is 0 Å². The van der Waals surface area contributed by atoms with Crippen LogP contribution in [0.4, 0.5) is 0 Å². The highest BCUT2D eigenvalue weighted by Crippen LogP contribution is 2.45. The van der Waals surface area contributed by atoms with Gasteiger partial charge in [-0.05, 0) is 106 Å². The molecule has 46 heavy (non-hydrogen) atoms. The van der Waals surface area contributed by atoms with E-state index in [0.29, 0.717) is 0 Å². The number of fused-ring (bicyclic) bond motifs is 3. The minimum absolute atomic E-state index is 0.0383. The average Bonchev–Trinajstić information content (AvgIpc) is 3.10. The van der Waals surface area contributed by atoms with E-state index in [0.717, 1.165) is 0 Å². The van der Waals surface area contributed by atoms with Crippen LogP contribution in [0, 0.1) is 0 Å². The van der Waals surface area contributed by atoms with Crippen LogP contribution >= 0.6 is 0 Å². The highest BCUT2D eigenvalue weighted by Gasteiger charge is 2.20. The molecular formula is C46H36. The standard InChI is InChI=1S/C46H36/c1-46(2,3)39-26-27-42-43(30-39)45(38-25-22-32-14-7-8-15-35(32)29-38)41-19-10-9-18-40(41)44(42)34-23-20-33(21-24-34)37-17-11-16-36(28-37)31-12-5-4-6-13-31/h4-30H,1-3H3. The van der Waals surface area contributed by atoms with Crippen molar-refractivity contribution in [1.29, 1.82) is 0 Å². The van der Waals surface area contributed by atoms with E-state index >= 15 is 0 Å². The highest BCUT2D eigenvalue weighted by atomic mass is 14.2. The van der Waals surface area contributed by atoms with Crippen molar-refractivity contribution in [2.45, 2.75) is 26.2 Å². The van der Waals surface area contributed by atoms with Gasteiger partial charge in [0.25, 0.3) is 0 Å². The summed E-state index contributed by atoms with van der Waals surface area (Å²) in [5, 5.41) is 7.68. The van der Waals surface area contributed by atoms with Gasteiger partial charge < -0.3 is 0 Å². The second kappa shape index (κ2) is 11.2. The molecule has 0 unspecified atom stereocenters. The van der Waals surface area contributed by atoms with Crippen molar-refractivity contribution in [3.8, 4) is 44.5 Å². The van der Waals surface area contributed by atoms with Crippen LogP contribution in [-0.2, 0) is 5.41 Å². The van der Waals surface area contributed by atoms with Crippen molar-refractivity contribution in [3.05, 3.63) is 169 Å². The molecule has 0 radical (unpaired) electrons. The molecule has 0 aromatic heterocycles. The van der Waals surface area contributed by atoms with E-state index in [1.54, 1.807) is 0 Å². The lowest BCUT2D eigenvalue weighted by molar-refractivity contribution is 0.591. The Bertz CT molecular complexity index is 2370. The highest BCUT2D eigenvalue weighted by molar-refractivity contribution is 6.22. The minimum atomic E-state index is 0.0383. The molecular weight excluding hydrogens is 553 g/mol. The van der Waals surface area contributed by atoms with Crippen LogP contribution in [0.25, 0.3) is 76.8 Å². The molecule has 0 amide bonds. The van der Waals surface area contributed by atoms with Gasteiger partial charge in [-0.25, -0.2) is 0 Å². The van der Waals surface area contributed by atoms with Crippen LogP contribution in [0.2, 0.25) is 0 Å². The molecule has 0 heterocycles. The van der Waals surface area contributed by atoms with Crippen LogP contribution in [0.1, 0.15) is 26.3 Å². The molecule has 0 bridgehead atoms. The maximum absolute atomic E-state index is 2.44. The van der Waals surface area contributed by atoms with Gasteiger partial charge in [-0.1, -0.05) is 166 Å². The van der Waals surface area contributed by atoms with Gasteiger partial charge in [-0.2, -0.15) is 0 Å². The van der Waals surface area contributed by atoms with Gasteiger partial charge in [0.1, 0.15) is 0 Å². The summed E-state index contributed by atoms with van der Waals surface area (Å²) in [6.07, 6.45) is 0. The molecule has 8 aromatic rings. The van der Waals surface area contributed by atoms with Crippen molar-refractivity contribution in [1.82, 2.24) is 0 Å². The molecule has 0 heteroatoms. The minimum Gasteiger partial charge on any atom is -0.0622 e. The zero-order chi connectivity index (χ0) is 31.3. The van der Waals surface area contributed by atoms with Crippen molar-refractivity contribution in [2.24, 2.45) is 0 Å². The summed E-state index contributed by atoms with van der Waals surface area (Å²) in [6, 6.07) is 60.3. The van der Waals surface area contributed by atoms with Crippen molar-refractivity contribution >= 4 is 32.3 Å². The fourth-order valence-electron chi connectivity index (χ4n) is 6.95. The summed E-state index contributed by atoms with van der Waals surface area (Å²) in [5.41, 5.74) is 11.4. The Balaban J connectivity index is 1.34. The fraction of sp³-hybridized carbons (Fsp3) is 0.0870. The maximum Gasteiger partial charge on any atom is -0.00260 e. The topological polar surface area (TPSA) is 0 Å². The Kier molecular flexibility index (Phi) is 6.80. The summed E-state index contributed by atoms with van der Waals surface area (Å²) in [7, 11) is 0. The molecule has 8 aromatic carbocycles.